The highest BCUT2D eigenvalue weighted by molar-refractivity contribution is 5.91. The van der Waals surface area contributed by atoms with Gasteiger partial charge in [0.1, 0.15) is 17.9 Å². The normalized spacial score (nSPS) is 10.8. The number of halogens is 1. The summed E-state index contributed by atoms with van der Waals surface area (Å²) in [7, 11) is 0. The Morgan fingerprint density at radius 3 is 2.79 bits per heavy atom. The van der Waals surface area contributed by atoms with Crippen LogP contribution in [-0.2, 0) is 19.4 Å². The van der Waals surface area contributed by atoms with Crippen molar-refractivity contribution in [3.63, 3.8) is 0 Å². The third kappa shape index (κ3) is 6.27. The molecule has 0 bridgehead atoms. The van der Waals surface area contributed by atoms with Gasteiger partial charge in [0.2, 0.25) is 0 Å². The van der Waals surface area contributed by atoms with Crippen LogP contribution < -0.4 is 10.6 Å². The molecule has 0 saturated carbocycles. The summed E-state index contributed by atoms with van der Waals surface area (Å²) >= 11 is 0. The number of H-pyrrole nitrogens is 1. The number of oxazole rings is 1. The van der Waals surface area contributed by atoms with Gasteiger partial charge in [0, 0.05) is 50.1 Å². The molecule has 0 unspecified atom stereocenters. The lowest BCUT2D eigenvalue weighted by atomic mass is 10.1. The molecule has 0 aliphatic carbocycles. The van der Waals surface area contributed by atoms with Crippen LogP contribution in [0.4, 0.5) is 4.39 Å². The minimum absolute atomic E-state index is 0.0321. The Hall–Kier alpha value is -4.88. The first-order valence-corrected chi connectivity index (χ1v) is 12.1. The standard InChI is InChI=1S/C28H24FN7O2/c29-21-6-3-13-32-23(21)17-33-28(37)24-18-38-26(35-24)11-15-30-14-10-25-34-22-7-1-5-20(27(22)36-25)9-8-19-4-2-12-31-16-19/h1-7,12-13,16,18,30H,10-11,14-15,17H2,(H,33,37)(H,34,36). The average molecular weight is 510 g/mol. The molecule has 10 heteroatoms. The van der Waals surface area contributed by atoms with E-state index in [9.17, 15) is 9.18 Å². The largest absolute Gasteiger partial charge is 0.448 e. The monoisotopic (exact) mass is 509 g/mol. The smallest absolute Gasteiger partial charge is 0.273 e. The van der Waals surface area contributed by atoms with Gasteiger partial charge in [-0.2, -0.15) is 0 Å². The maximum atomic E-state index is 13.7. The second kappa shape index (κ2) is 11.9. The second-order valence-corrected chi connectivity index (χ2v) is 8.37. The van der Waals surface area contributed by atoms with Crippen LogP contribution in [0.3, 0.4) is 0 Å². The first kappa shape index (κ1) is 24.8. The fraction of sp³-hybridized carbons (Fsp3) is 0.179. The van der Waals surface area contributed by atoms with Gasteiger partial charge in [0.25, 0.3) is 5.91 Å². The van der Waals surface area contributed by atoms with Crippen LogP contribution in [0.25, 0.3) is 11.0 Å². The minimum atomic E-state index is -0.475. The van der Waals surface area contributed by atoms with Gasteiger partial charge in [-0.15, -0.1) is 0 Å². The first-order chi connectivity index (χ1) is 18.7. The van der Waals surface area contributed by atoms with E-state index in [0.717, 1.165) is 28.0 Å². The summed E-state index contributed by atoms with van der Waals surface area (Å²) in [5.74, 6) is 6.71. The van der Waals surface area contributed by atoms with E-state index < -0.39 is 11.7 Å². The van der Waals surface area contributed by atoms with E-state index in [-0.39, 0.29) is 17.9 Å². The molecule has 4 heterocycles. The molecule has 0 aliphatic heterocycles. The van der Waals surface area contributed by atoms with Crippen molar-refractivity contribution in [2.45, 2.75) is 19.4 Å². The number of fused-ring (bicyclic) bond motifs is 1. The molecule has 1 amide bonds. The zero-order chi connectivity index (χ0) is 26.2. The molecule has 9 nitrogen and oxygen atoms in total. The third-order valence-corrected chi connectivity index (χ3v) is 5.66. The Balaban J connectivity index is 1.08. The van der Waals surface area contributed by atoms with E-state index >= 15 is 0 Å². The van der Waals surface area contributed by atoms with Crippen molar-refractivity contribution in [2.75, 3.05) is 13.1 Å². The zero-order valence-electron chi connectivity index (χ0n) is 20.4. The molecular weight excluding hydrogens is 485 g/mol. The van der Waals surface area contributed by atoms with E-state index in [0.29, 0.717) is 31.8 Å². The molecule has 38 heavy (non-hydrogen) atoms. The summed E-state index contributed by atoms with van der Waals surface area (Å²) < 4.78 is 19.0. The number of aromatic amines is 1. The Bertz CT molecular complexity index is 1600. The van der Waals surface area contributed by atoms with Crippen LogP contribution in [0.2, 0.25) is 0 Å². The van der Waals surface area contributed by atoms with Crippen LogP contribution in [0.15, 0.2) is 71.7 Å². The van der Waals surface area contributed by atoms with E-state index in [1.165, 1.54) is 24.6 Å². The van der Waals surface area contributed by atoms with Gasteiger partial charge in [-0.1, -0.05) is 17.9 Å². The van der Waals surface area contributed by atoms with Crippen molar-refractivity contribution < 1.29 is 13.6 Å². The van der Waals surface area contributed by atoms with Gasteiger partial charge < -0.3 is 20.0 Å². The third-order valence-electron chi connectivity index (χ3n) is 5.66. The molecular formula is C28H24FN7O2. The topological polar surface area (TPSA) is 122 Å². The molecule has 190 valence electrons. The number of benzene rings is 1. The van der Waals surface area contributed by atoms with E-state index in [1.54, 1.807) is 12.4 Å². The van der Waals surface area contributed by atoms with Crippen molar-refractivity contribution in [1.82, 2.24) is 35.6 Å². The summed E-state index contributed by atoms with van der Waals surface area (Å²) in [6.07, 6.45) is 7.43. The number of pyridine rings is 2. The SMILES string of the molecule is O=C(NCc1ncccc1F)c1coc(CCNCCc2nc3cccc(C#Cc4cccnc4)c3[nH]2)n1. The van der Waals surface area contributed by atoms with Gasteiger partial charge in [0.05, 0.1) is 28.8 Å². The molecule has 0 spiro atoms. The fourth-order valence-electron chi connectivity index (χ4n) is 3.74. The highest BCUT2D eigenvalue weighted by Crippen LogP contribution is 2.16. The number of imidazole rings is 1. The number of hydrogen-bond acceptors (Lipinski definition) is 7. The van der Waals surface area contributed by atoms with E-state index in [1.807, 2.05) is 30.3 Å². The van der Waals surface area contributed by atoms with Gasteiger partial charge in [-0.25, -0.2) is 14.4 Å². The number of rotatable bonds is 9. The van der Waals surface area contributed by atoms with Crippen LogP contribution in [0, 0.1) is 17.7 Å². The maximum Gasteiger partial charge on any atom is 0.273 e. The summed E-state index contributed by atoms with van der Waals surface area (Å²) in [6, 6.07) is 12.4. The molecule has 0 atom stereocenters. The molecule has 0 radical (unpaired) electrons. The maximum absolute atomic E-state index is 13.7. The quantitative estimate of drug-likeness (QED) is 0.206. The van der Waals surface area contributed by atoms with Crippen molar-refractivity contribution in [3.05, 3.63) is 107 Å². The van der Waals surface area contributed by atoms with Crippen LogP contribution >= 0.6 is 0 Å². The number of hydrogen-bond donors (Lipinski definition) is 3. The predicted molar refractivity (Wildman–Crippen MR) is 138 cm³/mol. The fourth-order valence-corrected chi connectivity index (χ4v) is 3.74. The molecule has 1 aromatic carbocycles. The van der Waals surface area contributed by atoms with Gasteiger partial charge in [-0.05, 0) is 36.4 Å². The highest BCUT2D eigenvalue weighted by Gasteiger charge is 2.13. The lowest BCUT2D eigenvalue weighted by Crippen LogP contribution is -2.24. The van der Waals surface area contributed by atoms with Gasteiger partial charge in [-0.3, -0.25) is 14.8 Å². The summed E-state index contributed by atoms with van der Waals surface area (Å²) in [6.45, 7) is 1.28. The van der Waals surface area contributed by atoms with Crippen molar-refractivity contribution in [3.8, 4) is 11.8 Å². The second-order valence-electron chi connectivity index (χ2n) is 8.37. The van der Waals surface area contributed by atoms with Crippen LogP contribution in [0.1, 0.15) is 39.0 Å². The number of para-hydroxylation sites is 1. The Morgan fingerprint density at radius 2 is 1.92 bits per heavy atom. The molecule has 5 aromatic rings. The lowest BCUT2D eigenvalue weighted by Gasteiger charge is -2.03. The summed E-state index contributed by atoms with van der Waals surface area (Å²) in [5.41, 5.74) is 3.82. The number of nitrogens with zero attached hydrogens (tertiary/aromatic N) is 4. The van der Waals surface area contributed by atoms with E-state index in [4.69, 9.17) is 4.42 Å². The van der Waals surface area contributed by atoms with Gasteiger partial charge >= 0.3 is 0 Å². The lowest BCUT2D eigenvalue weighted by molar-refractivity contribution is 0.0945. The number of amides is 1. The van der Waals surface area contributed by atoms with Crippen molar-refractivity contribution >= 4 is 16.9 Å². The Kier molecular flexibility index (Phi) is 7.77. The Morgan fingerprint density at radius 1 is 1.03 bits per heavy atom. The molecule has 0 saturated heterocycles. The number of carbonyl (C=O) groups is 1. The average Bonchev–Trinajstić information content (AvgIpc) is 3.59. The summed E-state index contributed by atoms with van der Waals surface area (Å²) in [4.78, 5) is 32.5. The van der Waals surface area contributed by atoms with Gasteiger partial charge in [0.15, 0.2) is 11.6 Å². The first-order valence-electron chi connectivity index (χ1n) is 12.1. The molecule has 0 aliphatic rings. The van der Waals surface area contributed by atoms with E-state index in [2.05, 4.69) is 47.4 Å². The van der Waals surface area contributed by atoms with Crippen molar-refractivity contribution in [1.29, 1.82) is 0 Å². The van der Waals surface area contributed by atoms with Crippen LogP contribution in [-0.4, -0.2) is 43.9 Å². The molecule has 3 N–H and O–H groups in total. The zero-order valence-corrected chi connectivity index (χ0v) is 20.4. The molecule has 5 rings (SSSR count). The van der Waals surface area contributed by atoms with Crippen molar-refractivity contribution in [2.24, 2.45) is 0 Å². The van der Waals surface area contributed by atoms with Crippen LogP contribution in [0.5, 0.6) is 0 Å². The number of nitrogens with one attached hydrogen (secondary N) is 3. The predicted octanol–water partition coefficient (Wildman–Crippen LogP) is 3.18. The number of aromatic nitrogens is 5. The summed E-state index contributed by atoms with van der Waals surface area (Å²) in [5, 5.41) is 5.93. The molecule has 0 fully saturated rings. The highest BCUT2D eigenvalue weighted by atomic mass is 19.1. The minimum Gasteiger partial charge on any atom is -0.448 e. The molecule has 4 aromatic heterocycles. The Labute approximate surface area is 218 Å². The number of carbonyl (C=O) groups excluding carboxylic acids is 1.